The van der Waals surface area contributed by atoms with E-state index in [0.29, 0.717) is 5.56 Å². The maximum Gasteiger partial charge on any atom is 0.419 e. The lowest BCUT2D eigenvalue weighted by Crippen LogP contribution is -2.55. The summed E-state index contributed by atoms with van der Waals surface area (Å²) in [7, 11) is 0. The third-order valence-corrected chi connectivity index (χ3v) is 3.60. The Kier molecular flexibility index (Phi) is 4.51. The van der Waals surface area contributed by atoms with Crippen molar-refractivity contribution in [3.8, 4) is 0 Å². The van der Waals surface area contributed by atoms with Gasteiger partial charge in [-0.3, -0.25) is 0 Å². The van der Waals surface area contributed by atoms with Crippen molar-refractivity contribution in [2.24, 2.45) is 0 Å². The van der Waals surface area contributed by atoms with Gasteiger partial charge in [0.25, 0.3) is 0 Å². The van der Waals surface area contributed by atoms with Crippen molar-refractivity contribution in [3.63, 3.8) is 0 Å². The largest absolute Gasteiger partial charge is 0.419 e. The van der Waals surface area contributed by atoms with Gasteiger partial charge in [-0.05, 0) is 45.4 Å². The normalized spacial score (nSPS) is 13.7. The third kappa shape index (κ3) is 3.93. The van der Waals surface area contributed by atoms with Gasteiger partial charge >= 0.3 is 6.18 Å². The standard InChI is InChI=1S/C14H19F4NO/c1-12(2,13(3,4)20)19-8-9-5-6-11(15)10(7-9)14(16,17)18/h5-7,19-20H,8H2,1-4H3. The molecule has 0 radical (unpaired) electrons. The Morgan fingerprint density at radius 1 is 1.10 bits per heavy atom. The van der Waals surface area contributed by atoms with Gasteiger partial charge in [0, 0.05) is 12.1 Å². The SMILES string of the molecule is CC(C)(O)C(C)(C)NCc1ccc(F)c(C(F)(F)F)c1. The fraction of sp³-hybridized carbons (Fsp3) is 0.571. The van der Waals surface area contributed by atoms with Crippen LogP contribution in [0.25, 0.3) is 0 Å². The van der Waals surface area contributed by atoms with Crippen LogP contribution in [-0.2, 0) is 12.7 Å². The Hall–Kier alpha value is -1.14. The fourth-order valence-electron chi connectivity index (χ4n) is 1.44. The van der Waals surface area contributed by atoms with Gasteiger partial charge in [-0.15, -0.1) is 0 Å². The van der Waals surface area contributed by atoms with Crippen LogP contribution >= 0.6 is 0 Å². The zero-order valence-corrected chi connectivity index (χ0v) is 11.9. The molecule has 0 saturated carbocycles. The molecule has 0 atom stereocenters. The minimum Gasteiger partial charge on any atom is -0.389 e. The Labute approximate surface area is 115 Å². The second-order valence-corrected chi connectivity index (χ2v) is 5.85. The van der Waals surface area contributed by atoms with Crippen LogP contribution in [0.3, 0.4) is 0 Å². The highest BCUT2D eigenvalue weighted by Crippen LogP contribution is 2.32. The summed E-state index contributed by atoms with van der Waals surface area (Å²) in [6, 6.07) is 2.87. The molecule has 0 aliphatic rings. The van der Waals surface area contributed by atoms with E-state index in [4.69, 9.17) is 0 Å². The van der Waals surface area contributed by atoms with Crippen molar-refractivity contribution in [1.82, 2.24) is 5.32 Å². The van der Waals surface area contributed by atoms with Gasteiger partial charge < -0.3 is 10.4 Å². The highest BCUT2D eigenvalue weighted by atomic mass is 19.4. The predicted octanol–water partition coefficient (Wildman–Crippen LogP) is 3.48. The molecule has 0 fully saturated rings. The molecule has 20 heavy (non-hydrogen) atoms. The number of halogens is 4. The van der Waals surface area contributed by atoms with Crippen LogP contribution in [0.4, 0.5) is 17.6 Å². The number of aliphatic hydroxyl groups is 1. The van der Waals surface area contributed by atoms with E-state index in [0.717, 1.165) is 12.1 Å². The molecule has 1 rings (SSSR count). The van der Waals surface area contributed by atoms with Gasteiger partial charge in [-0.25, -0.2) is 4.39 Å². The van der Waals surface area contributed by atoms with E-state index in [9.17, 15) is 22.7 Å². The Bertz CT molecular complexity index is 475. The fourth-order valence-corrected chi connectivity index (χ4v) is 1.44. The topological polar surface area (TPSA) is 32.3 Å². The second kappa shape index (κ2) is 5.33. The molecule has 0 saturated heterocycles. The zero-order valence-electron chi connectivity index (χ0n) is 11.9. The Morgan fingerprint density at radius 3 is 2.10 bits per heavy atom. The van der Waals surface area contributed by atoms with Crippen LogP contribution in [0.5, 0.6) is 0 Å². The van der Waals surface area contributed by atoms with E-state index >= 15 is 0 Å². The summed E-state index contributed by atoms with van der Waals surface area (Å²) in [4.78, 5) is 0. The molecule has 0 spiro atoms. The zero-order chi connectivity index (χ0) is 15.8. The summed E-state index contributed by atoms with van der Waals surface area (Å²) in [5.41, 5.74) is -2.74. The van der Waals surface area contributed by atoms with Gasteiger partial charge in [0.1, 0.15) is 5.82 Å². The second-order valence-electron chi connectivity index (χ2n) is 5.85. The first-order chi connectivity index (χ1) is 8.84. The lowest BCUT2D eigenvalue weighted by Gasteiger charge is -2.38. The first-order valence-corrected chi connectivity index (χ1v) is 6.17. The Morgan fingerprint density at radius 2 is 1.65 bits per heavy atom. The van der Waals surface area contributed by atoms with E-state index < -0.39 is 28.7 Å². The van der Waals surface area contributed by atoms with Crippen LogP contribution in [-0.4, -0.2) is 16.2 Å². The van der Waals surface area contributed by atoms with Crippen molar-refractivity contribution in [2.75, 3.05) is 0 Å². The molecule has 2 N–H and O–H groups in total. The van der Waals surface area contributed by atoms with Crippen LogP contribution < -0.4 is 5.32 Å². The molecule has 0 bridgehead atoms. The molecule has 1 aromatic carbocycles. The molecule has 6 heteroatoms. The van der Waals surface area contributed by atoms with E-state index in [2.05, 4.69) is 5.32 Å². The highest BCUT2D eigenvalue weighted by molar-refractivity contribution is 5.27. The van der Waals surface area contributed by atoms with Crippen LogP contribution in [0, 0.1) is 5.82 Å². The van der Waals surface area contributed by atoms with Gasteiger partial charge in [0.15, 0.2) is 0 Å². The number of benzene rings is 1. The number of hydrogen-bond donors (Lipinski definition) is 2. The summed E-state index contributed by atoms with van der Waals surface area (Å²) in [5.74, 6) is -1.29. The summed E-state index contributed by atoms with van der Waals surface area (Å²) in [6.07, 6.45) is -4.72. The molecule has 0 aliphatic heterocycles. The van der Waals surface area contributed by atoms with E-state index in [1.165, 1.54) is 6.07 Å². The average Bonchev–Trinajstić information content (AvgIpc) is 2.24. The van der Waals surface area contributed by atoms with E-state index in [1.807, 2.05) is 0 Å². The van der Waals surface area contributed by atoms with Crippen molar-refractivity contribution in [3.05, 3.63) is 35.1 Å². The number of nitrogens with one attached hydrogen (secondary N) is 1. The van der Waals surface area contributed by atoms with Crippen LogP contribution in [0.1, 0.15) is 38.8 Å². The number of rotatable bonds is 4. The molecule has 1 aromatic rings. The minimum absolute atomic E-state index is 0.0976. The summed E-state index contributed by atoms with van der Waals surface area (Å²) < 4.78 is 50.9. The lowest BCUT2D eigenvalue weighted by atomic mass is 9.86. The number of hydrogen-bond acceptors (Lipinski definition) is 2. The molecule has 2 nitrogen and oxygen atoms in total. The smallest absolute Gasteiger partial charge is 0.389 e. The van der Waals surface area contributed by atoms with Gasteiger partial charge in [-0.1, -0.05) is 6.07 Å². The molecule has 0 aliphatic carbocycles. The maximum absolute atomic E-state index is 13.1. The van der Waals surface area contributed by atoms with Crippen molar-refractivity contribution in [1.29, 1.82) is 0 Å². The van der Waals surface area contributed by atoms with Crippen molar-refractivity contribution in [2.45, 2.75) is 51.6 Å². The monoisotopic (exact) mass is 293 g/mol. The van der Waals surface area contributed by atoms with Crippen molar-refractivity contribution < 1.29 is 22.7 Å². The van der Waals surface area contributed by atoms with Crippen LogP contribution in [0.2, 0.25) is 0 Å². The molecular weight excluding hydrogens is 274 g/mol. The minimum atomic E-state index is -4.72. The first kappa shape index (κ1) is 16.9. The summed E-state index contributed by atoms with van der Waals surface area (Å²) >= 11 is 0. The molecule has 0 heterocycles. The summed E-state index contributed by atoms with van der Waals surface area (Å²) in [5, 5.41) is 12.9. The van der Waals surface area contributed by atoms with Gasteiger partial charge in [-0.2, -0.15) is 13.2 Å². The van der Waals surface area contributed by atoms with E-state index in [1.54, 1.807) is 27.7 Å². The average molecular weight is 293 g/mol. The van der Waals surface area contributed by atoms with Gasteiger partial charge in [0.05, 0.1) is 11.2 Å². The van der Waals surface area contributed by atoms with Crippen LogP contribution in [0.15, 0.2) is 18.2 Å². The predicted molar refractivity (Wildman–Crippen MR) is 68.6 cm³/mol. The quantitative estimate of drug-likeness (QED) is 0.833. The molecule has 0 aromatic heterocycles. The molecule has 0 amide bonds. The first-order valence-electron chi connectivity index (χ1n) is 6.17. The Balaban J connectivity index is 2.91. The number of alkyl halides is 3. The molecule has 0 unspecified atom stereocenters. The lowest BCUT2D eigenvalue weighted by molar-refractivity contribution is -0.140. The maximum atomic E-state index is 13.1. The summed E-state index contributed by atoms with van der Waals surface area (Å²) in [6.45, 7) is 6.78. The third-order valence-electron chi connectivity index (χ3n) is 3.60. The highest BCUT2D eigenvalue weighted by Gasteiger charge is 2.36. The van der Waals surface area contributed by atoms with E-state index in [-0.39, 0.29) is 6.54 Å². The molecule has 114 valence electrons. The van der Waals surface area contributed by atoms with Gasteiger partial charge in [0.2, 0.25) is 0 Å². The van der Waals surface area contributed by atoms with Crippen molar-refractivity contribution >= 4 is 0 Å². The molecular formula is C14H19F4NO.